The zero-order valence-corrected chi connectivity index (χ0v) is 8.65. The highest BCUT2D eigenvalue weighted by molar-refractivity contribution is 5.43. The number of rotatable bonds is 1. The lowest BCUT2D eigenvalue weighted by Gasteiger charge is -2.11. The maximum Gasteiger partial charge on any atom is 0.0890 e. The minimum absolute atomic E-state index is 0.0700. The molecule has 12 heavy (non-hydrogen) atoms. The van der Waals surface area contributed by atoms with Gasteiger partial charge in [-0.3, -0.25) is 0 Å². The molecule has 1 fully saturated rings. The summed E-state index contributed by atoms with van der Waals surface area (Å²) in [5.41, 5.74) is 0.834. The van der Waals surface area contributed by atoms with Crippen molar-refractivity contribution >= 4 is 0 Å². The van der Waals surface area contributed by atoms with E-state index in [0.29, 0.717) is 0 Å². The van der Waals surface area contributed by atoms with Crippen molar-refractivity contribution in [3.63, 3.8) is 0 Å². The van der Waals surface area contributed by atoms with Gasteiger partial charge in [-0.05, 0) is 17.8 Å². The summed E-state index contributed by atoms with van der Waals surface area (Å²) in [6.45, 7) is 14.5. The molecule has 1 heteroatoms. The molecule has 0 aromatic carbocycles. The molecular formula is C11H17N. The summed E-state index contributed by atoms with van der Waals surface area (Å²) in [6.07, 6.45) is 0. The van der Waals surface area contributed by atoms with Crippen LogP contribution in [0.4, 0.5) is 0 Å². The number of allylic oxidation sites excluding steroid dienone is 1. The lowest BCUT2D eigenvalue weighted by Crippen LogP contribution is -2.08. The molecule has 1 rings (SSSR count). The highest BCUT2D eigenvalue weighted by Crippen LogP contribution is 2.80. The lowest BCUT2D eigenvalue weighted by molar-refractivity contribution is 0.457. The molecule has 0 radical (unpaired) electrons. The van der Waals surface area contributed by atoms with Crippen LogP contribution in [0.5, 0.6) is 0 Å². The second-order valence-corrected chi connectivity index (χ2v) is 4.89. The second kappa shape index (κ2) is 1.93. The first-order chi connectivity index (χ1) is 5.25. The van der Waals surface area contributed by atoms with E-state index < -0.39 is 0 Å². The van der Waals surface area contributed by atoms with Gasteiger partial charge in [-0.1, -0.05) is 39.8 Å². The van der Waals surface area contributed by atoms with E-state index in [1.165, 1.54) is 0 Å². The Hall–Kier alpha value is -0.770. The van der Waals surface area contributed by atoms with E-state index in [1.807, 2.05) is 6.92 Å². The molecule has 0 atom stereocenters. The topological polar surface area (TPSA) is 23.8 Å². The van der Waals surface area contributed by atoms with Crippen molar-refractivity contribution in [2.45, 2.75) is 34.6 Å². The lowest BCUT2D eigenvalue weighted by atomic mass is 9.89. The van der Waals surface area contributed by atoms with Crippen LogP contribution in [0, 0.1) is 27.6 Å². The molecule has 0 heterocycles. The van der Waals surface area contributed by atoms with Crippen LogP contribution in [-0.4, -0.2) is 0 Å². The Bertz CT molecular complexity index is 262. The molecule has 0 unspecified atom stereocenters. The molecule has 66 valence electrons. The number of hydrogen-bond acceptors (Lipinski definition) is 1. The van der Waals surface area contributed by atoms with Gasteiger partial charge in [-0.25, -0.2) is 0 Å². The Morgan fingerprint density at radius 1 is 1.17 bits per heavy atom. The van der Waals surface area contributed by atoms with Gasteiger partial charge < -0.3 is 0 Å². The van der Waals surface area contributed by atoms with Crippen molar-refractivity contribution in [1.29, 1.82) is 5.26 Å². The van der Waals surface area contributed by atoms with Crippen molar-refractivity contribution in [1.82, 2.24) is 0 Å². The first kappa shape index (κ1) is 9.32. The minimum Gasteiger partial charge on any atom is -0.197 e. The standard InChI is InChI=1S/C11H17N/c1-8(2)11(7-12)9(3,4)10(11,5)6/h1H2,2-6H3. The summed E-state index contributed by atoms with van der Waals surface area (Å²) in [6, 6.07) is 2.43. The molecule has 1 nitrogen and oxygen atoms in total. The van der Waals surface area contributed by atoms with Gasteiger partial charge >= 0.3 is 0 Å². The minimum atomic E-state index is -0.306. The number of hydrogen-bond donors (Lipinski definition) is 0. The van der Waals surface area contributed by atoms with E-state index in [0.717, 1.165) is 5.57 Å². The van der Waals surface area contributed by atoms with Crippen LogP contribution in [-0.2, 0) is 0 Å². The number of nitriles is 1. The number of nitrogens with zero attached hydrogens (tertiary/aromatic N) is 1. The summed E-state index contributed by atoms with van der Waals surface area (Å²) in [5.74, 6) is 0. The Labute approximate surface area is 75.1 Å². The van der Waals surface area contributed by atoms with Crippen LogP contribution in [0.15, 0.2) is 12.2 Å². The van der Waals surface area contributed by atoms with E-state index in [9.17, 15) is 5.26 Å². The molecular weight excluding hydrogens is 146 g/mol. The average Bonchev–Trinajstić information content (AvgIpc) is 2.21. The SMILES string of the molecule is C=C(C)C1(C#N)C(C)(C)C1(C)C. The molecule has 0 aromatic heterocycles. The van der Waals surface area contributed by atoms with Gasteiger partial charge in [0.05, 0.1) is 11.5 Å². The van der Waals surface area contributed by atoms with Crippen molar-refractivity contribution in [3.05, 3.63) is 12.2 Å². The van der Waals surface area contributed by atoms with E-state index >= 15 is 0 Å². The van der Waals surface area contributed by atoms with Gasteiger partial charge in [0.25, 0.3) is 0 Å². The Morgan fingerprint density at radius 2 is 1.50 bits per heavy atom. The van der Waals surface area contributed by atoms with Gasteiger partial charge in [0.2, 0.25) is 0 Å². The fraction of sp³-hybridized carbons (Fsp3) is 0.727. The fourth-order valence-corrected chi connectivity index (χ4v) is 2.75. The van der Waals surface area contributed by atoms with Crippen molar-refractivity contribution in [2.24, 2.45) is 16.2 Å². The maximum absolute atomic E-state index is 9.19. The highest BCUT2D eigenvalue weighted by atomic mass is 14.8. The van der Waals surface area contributed by atoms with Crippen LogP contribution in [0.3, 0.4) is 0 Å². The van der Waals surface area contributed by atoms with Crippen LogP contribution in [0.1, 0.15) is 34.6 Å². The van der Waals surface area contributed by atoms with Crippen molar-refractivity contribution in [2.75, 3.05) is 0 Å². The zero-order chi connectivity index (χ0) is 9.78. The van der Waals surface area contributed by atoms with E-state index in [1.54, 1.807) is 0 Å². The molecule has 0 aliphatic heterocycles. The molecule has 0 aromatic rings. The molecule has 1 saturated carbocycles. The Kier molecular flexibility index (Phi) is 1.50. The first-order valence-corrected chi connectivity index (χ1v) is 4.33. The summed E-state index contributed by atoms with van der Waals surface area (Å²) < 4.78 is 0. The van der Waals surface area contributed by atoms with Crippen molar-refractivity contribution in [3.8, 4) is 6.07 Å². The summed E-state index contributed by atoms with van der Waals surface area (Å²) >= 11 is 0. The first-order valence-electron chi connectivity index (χ1n) is 4.33. The van der Waals surface area contributed by atoms with E-state index in [4.69, 9.17) is 0 Å². The Morgan fingerprint density at radius 3 is 1.50 bits per heavy atom. The average molecular weight is 163 g/mol. The van der Waals surface area contributed by atoms with Gasteiger partial charge in [0.15, 0.2) is 0 Å². The van der Waals surface area contributed by atoms with Gasteiger partial charge in [-0.2, -0.15) is 5.26 Å². The third-order valence-electron chi connectivity index (χ3n) is 4.18. The second-order valence-electron chi connectivity index (χ2n) is 4.89. The van der Waals surface area contributed by atoms with E-state index in [2.05, 4.69) is 40.3 Å². The fourth-order valence-electron chi connectivity index (χ4n) is 2.75. The van der Waals surface area contributed by atoms with Crippen molar-refractivity contribution < 1.29 is 0 Å². The predicted molar refractivity (Wildman–Crippen MR) is 50.4 cm³/mol. The molecule has 0 amide bonds. The smallest absolute Gasteiger partial charge is 0.0890 e. The normalized spacial score (nSPS) is 27.3. The molecule has 1 aliphatic rings. The zero-order valence-electron chi connectivity index (χ0n) is 8.65. The van der Waals surface area contributed by atoms with Crippen LogP contribution < -0.4 is 0 Å². The largest absolute Gasteiger partial charge is 0.197 e. The predicted octanol–water partition coefficient (Wildman–Crippen LogP) is 3.14. The molecule has 0 saturated heterocycles. The summed E-state index contributed by atoms with van der Waals surface area (Å²) in [7, 11) is 0. The van der Waals surface area contributed by atoms with Gasteiger partial charge in [-0.15, -0.1) is 0 Å². The van der Waals surface area contributed by atoms with Crippen LogP contribution >= 0.6 is 0 Å². The van der Waals surface area contributed by atoms with Crippen LogP contribution in [0.2, 0.25) is 0 Å². The van der Waals surface area contributed by atoms with Gasteiger partial charge in [0, 0.05) is 0 Å². The third-order valence-corrected chi connectivity index (χ3v) is 4.18. The highest BCUT2D eigenvalue weighted by Gasteiger charge is 2.78. The Balaban J connectivity index is 3.23. The summed E-state index contributed by atoms with van der Waals surface area (Å²) in [4.78, 5) is 0. The molecule has 1 aliphatic carbocycles. The maximum atomic E-state index is 9.19. The van der Waals surface area contributed by atoms with Gasteiger partial charge in [0.1, 0.15) is 0 Å². The summed E-state index contributed by atoms with van der Waals surface area (Å²) in [5, 5.41) is 9.19. The van der Waals surface area contributed by atoms with Crippen LogP contribution in [0.25, 0.3) is 0 Å². The monoisotopic (exact) mass is 163 g/mol. The quantitative estimate of drug-likeness (QED) is 0.545. The molecule has 0 spiro atoms. The molecule has 0 bridgehead atoms. The van der Waals surface area contributed by atoms with E-state index in [-0.39, 0.29) is 16.2 Å². The third kappa shape index (κ3) is 0.566. The molecule has 0 N–H and O–H groups in total.